The largest absolute Gasteiger partial charge is 0.396 e. The third-order valence-electron chi connectivity index (χ3n) is 9.01. The van der Waals surface area contributed by atoms with E-state index in [9.17, 15) is 0 Å². The van der Waals surface area contributed by atoms with Crippen LogP contribution < -0.4 is 0 Å². The van der Waals surface area contributed by atoms with Crippen molar-refractivity contribution in [2.24, 2.45) is 29.6 Å². The van der Waals surface area contributed by atoms with Gasteiger partial charge in [-0.2, -0.15) is 0 Å². The van der Waals surface area contributed by atoms with Crippen LogP contribution in [0, 0.1) is 29.6 Å². The maximum atomic E-state index is 8.75. The second kappa shape index (κ2) is 54.9. The Labute approximate surface area is 305 Å². The SMILES string of the molecule is CCCCC(CC)CO.CCCCC(CC)CO.CCCCC(CC)CO.CCCCC(CC)CO.CCCCC(CC)CO.[Mo]. The molecule has 0 saturated carbocycles. The quantitative estimate of drug-likeness (QED) is 0.0599. The number of hydrogen-bond acceptors (Lipinski definition) is 5. The summed E-state index contributed by atoms with van der Waals surface area (Å²) in [5.74, 6) is 2.80. The fraction of sp³-hybridized carbons (Fsp3) is 1.00. The minimum atomic E-state index is 0. The summed E-state index contributed by atoms with van der Waals surface area (Å²) in [6.07, 6.45) is 24.1. The zero-order valence-electron chi connectivity index (χ0n) is 33.2. The van der Waals surface area contributed by atoms with E-state index >= 15 is 0 Å². The smallest absolute Gasteiger partial charge is 0.0459 e. The second-order valence-corrected chi connectivity index (χ2v) is 13.0. The van der Waals surface area contributed by atoms with Crippen LogP contribution >= 0.6 is 0 Å². The molecule has 5 nitrogen and oxygen atoms in total. The van der Waals surface area contributed by atoms with Crippen molar-refractivity contribution < 1.29 is 46.6 Å². The molecule has 0 aromatic rings. The fourth-order valence-electron chi connectivity index (χ4n) is 4.59. The summed E-state index contributed by atoms with van der Waals surface area (Å²) in [4.78, 5) is 0. The molecule has 0 aliphatic carbocycles. The van der Waals surface area contributed by atoms with E-state index in [1.807, 2.05) is 0 Å². The van der Waals surface area contributed by atoms with Gasteiger partial charge in [0.05, 0.1) is 0 Å². The minimum absolute atomic E-state index is 0. The Hall–Kier alpha value is 0.488. The fourth-order valence-corrected chi connectivity index (χ4v) is 4.59. The van der Waals surface area contributed by atoms with Crippen LogP contribution in [0.25, 0.3) is 0 Å². The molecule has 5 atom stereocenters. The number of aliphatic hydroxyl groups excluding tert-OH is 5. The summed E-state index contributed by atoms with van der Waals surface area (Å²) in [5.41, 5.74) is 0. The average molecular weight is 747 g/mol. The zero-order chi connectivity index (χ0) is 35.6. The summed E-state index contributed by atoms with van der Waals surface area (Å²) in [7, 11) is 0. The number of rotatable bonds is 25. The first-order valence-electron chi connectivity index (χ1n) is 19.8. The summed E-state index contributed by atoms with van der Waals surface area (Å²) in [5, 5.41) is 43.8. The van der Waals surface area contributed by atoms with Crippen LogP contribution in [-0.4, -0.2) is 58.6 Å². The molecule has 0 spiro atoms. The Morgan fingerprint density at radius 2 is 0.413 bits per heavy atom. The van der Waals surface area contributed by atoms with Crippen molar-refractivity contribution >= 4 is 0 Å². The number of aliphatic hydroxyl groups is 5. The van der Waals surface area contributed by atoms with Gasteiger partial charge >= 0.3 is 0 Å². The molecule has 0 aromatic heterocycles. The predicted molar refractivity (Wildman–Crippen MR) is 202 cm³/mol. The number of unbranched alkanes of at least 4 members (excludes halogenated alkanes) is 5. The maximum Gasteiger partial charge on any atom is 0.0459 e. The molecule has 5 N–H and O–H groups in total. The molecule has 0 fully saturated rings. The zero-order valence-corrected chi connectivity index (χ0v) is 35.2. The molecular weight excluding hydrogens is 656 g/mol. The van der Waals surface area contributed by atoms with Gasteiger partial charge in [0.25, 0.3) is 0 Å². The van der Waals surface area contributed by atoms with E-state index < -0.39 is 0 Å². The van der Waals surface area contributed by atoms with E-state index in [1.54, 1.807) is 0 Å². The van der Waals surface area contributed by atoms with Crippen molar-refractivity contribution in [3.63, 3.8) is 0 Å². The molecule has 286 valence electrons. The van der Waals surface area contributed by atoms with Crippen molar-refractivity contribution in [3.8, 4) is 0 Å². The van der Waals surface area contributed by atoms with E-state index in [0.717, 1.165) is 32.1 Å². The number of hydrogen-bond donors (Lipinski definition) is 5. The Morgan fingerprint density at radius 3 is 0.478 bits per heavy atom. The van der Waals surface area contributed by atoms with Gasteiger partial charge in [-0.05, 0) is 61.7 Å². The second-order valence-electron chi connectivity index (χ2n) is 13.0. The van der Waals surface area contributed by atoms with E-state index in [4.69, 9.17) is 25.5 Å². The van der Waals surface area contributed by atoms with Gasteiger partial charge < -0.3 is 25.5 Å². The molecular formula is C40H90MoO5. The van der Waals surface area contributed by atoms with E-state index in [-0.39, 0.29) is 21.1 Å². The molecule has 0 aliphatic rings. The first-order chi connectivity index (χ1) is 21.7. The van der Waals surface area contributed by atoms with Crippen LogP contribution in [0.15, 0.2) is 0 Å². The van der Waals surface area contributed by atoms with Gasteiger partial charge in [-0.15, -0.1) is 0 Å². The van der Waals surface area contributed by atoms with Crippen LogP contribution in [0.4, 0.5) is 0 Å². The van der Waals surface area contributed by atoms with Crippen molar-refractivity contribution in [1.29, 1.82) is 0 Å². The van der Waals surface area contributed by atoms with Crippen LogP contribution in [0.5, 0.6) is 0 Å². The standard InChI is InChI=1S/5C8H18O.Mo/c5*1-3-5-6-8(4-2)7-9;/h5*8-9H,3-7H2,1-2H3;. The molecule has 46 heavy (non-hydrogen) atoms. The molecule has 0 aliphatic heterocycles. The Kier molecular flexibility index (Phi) is 70.1. The van der Waals surface area contributed by atoms with Crippen LogP contribution in [0.1, 0.15) is 198 Å². The summed E-state index contributed by atoms with van der Waals surface area (Å²) in [6, 6.07) is 0. The van der Waals surface area contributed by atoms with Crippen molar-refractivity contribution in [2.45, 2.75) is 198 Å². The Balaban J connectivity index is -0.000000108. The van der Waals surface area contributed by atoms with E-state index in [2.05, 4.69) is 69.2 Å². The molecule has 0 heterocycles. The van der Waals surface area contributed by atoms with Crippen molar-refractivity contribution in [2.75, 3.05) is 33.0 Å². The molecule has 6 heteroatoms. The van der Waals surface area contributed by atoms with E-state index in [1.165, 1.54) is 96.3 Å². The maximum absolute atomic E-state index is 8.75. The van der Waals surface area contributed by atoms with Crippen molar-refractivity contribution in [3.05, 3.63) is 0 Å². The van der Waals surface area contributed by atoms with Gasteiger partial charge in [-0.3, -0.25) is 0 Å². The minimum Gasteiger partial charge on any atom is -0.396 e. The Bertz CT molecular complexity index is 342. The molecule has 0 rings (SSSR count). The summed E-state index contributed by atoms with van der Waals surface area (Å²) >= 11 is 0. The average Bonchev–Trinajstić information content (AvgIpc) is 3.08. The van der Waals surface area contributed by atoms with E-state index in [0.29, 0.717) is 62.6 Å². The van der Waals surface area contributed by atoms with Gasteiger partial charge in [0.1, 0.15) is 0 Å². The van der Waals surface area contributed by atoms with Gasteiger partial charge in [0.15, 0.2) is 0 Å². The topological polar surface area (TPSA) is 101 Å². The molecule has 0 radical (unpaired) electrons. The molecule has 0 amide bonds. The molecule has 5 unspecified atom stereocenters. The predicted octanol–water partition coefficient (Wildman–Crippen LogP) is 11.0. The van der Waals surface area contributed by atoms with Gasteiger partial charge in [-0.1, -0.05) is 166 Å². The van der Waals surface area contributed by atoms with Crippen LogP contribution in [-0.2, 0) is 21.1 Å². The molecule has 0 aromatic carbocycles. The molecule has 0 bridgehead atoms. The normalized spacial score (nSPS) is 13.4. The van der Waals surface area contributed by atoms with Crippen molar-refractivity contribution in [1.82, 2.24) is 0 Å². The third kappa shape index (κ3) is 51.3. The Morgan fingerprint density at radius 1 is 0.283 bits per heavy atom. The van der Waals surface area contributed by atoms with Gasteiger partial charge in [0.2, 0.25) is 0 Å². The first-order valence-corrected chi connectivity index (χ1v) is 19.8. The summed E-state index contributed by atoms with van der Waals surface area (Å²) < 4.78 is 0. The van der Waals surface area contributed by atoms with Gasteiger partial charge in [0, 0.05) is 54.1 Å². The summed E-state index contributed by atoms with van der Waals surface area (Å²) in [6.45, 7) is 23.5. The third-order valence-corrected chi connectivity index (χ3v) is 9.01. The van der Waals surface area contributed by atoms with Crippen LogP contribution in [0.3, 0.4) is 0 Å². The van der Waals surface area contributed by atoms with Gasteiger partial charge in [-0.25, -0.2) is 0 Å². The monoisotopic (exact) mass is 749 g/mol. The van der Waals surface area contributed by atoms with Crippen LogP contribution in [0.2, 0.25) is 0 Å². The molecule has 0 saturated heterocycles. The first kappa shape index (κ1) is 58.7.